The van der Waals surface area contributed by atoms with Gasteiger partial charge in [-0.2, -0.15) is 0 Å². The molecule has 1 aliphatic carbocycles. The Labute approximate surface area is 98.0 Å². The van der Waals surface area contributed by atoms with Gasteiger partial charge in [0.05, 0.1) is 7.11 Å². The van der Waals surface area contributed by atoms with Gasteiger partial charge in [0.2, 0.25) is 0 Å². The molecular weight excluding hydrogens is 198 g/mol. The Hall–Kier alpha value is -1.02. The van der Waals surface area contributed by atoms with E-state index >= 15 is 0 Å². The molecule has 1 aliphatic rings. The topological polar surface area (TPSA) is 21.3 Å². The van der Waals surface area contributed by atoms with Crippen LogP contribution < -0.4 is 10.1 Å². The average molecular weight is 219 g/mol. The Morgan fingerprint density at radius 1 is 1.44 bits per heavy atom. The van der Waals surface area contributed by atoms with E-state index in [0.717, 1.165) is 12.3 Å². The Bertz CT molecular complexity index is 360. The first kappa shape index (κ1) is 11.5. The Morgan fingerprint density at radius 3 is 2.94 bits per heavy atom. The predicted molar refractivity (Wildman–Crippen MR) is 67.2 cm³/mol. The van der Waals surface area contributed by atoms with E-state index in [1.165, 1.54) is 24.0 Å². The minimum absolute atomic E-state index is 0.564. The van der Waals surface area contributed by atoms with Gasteiger partial charge in [-0.05, 0) is 42.0 Å². The van der Waals surface area contributed by atoms with Gasteiger partial charge in [-0.15, -0.1) is 0 Å². The van der Waals surface area contributed by atoms with Crippen molar-refractivity contribution < 1.29 is 4.74 Å². The Balaban J connectivity index is 2.11. The van der Waals surface area contributed by atoms with E-state index in [1.54, 1.807) is 7.11 Å². The summed E-state index contributed by atoms with van der Waals surface area (Å²) in [4.78, 5) is 0. The van der Waals surface area contributed by atoms with E-state index in [0.29, 0.717) is 12.0 Å². The van der Waals surface area contributed by atoms with Crippen LogP contribution in [0.25, 0.3) is 0 Å². The van der Waals surface area contributed by atoms with Crippen molar-refractivity contribution in [1.29, 1.82) is 0 Å². The molecule has 1 unspecified atom stereocenters. The molecule has 0 saturated carbocycles. The molecule has 0 radical (unpaired) electrons. The summed E-state index contributed by atoms with van der Waals surface area (Å²) in [5.41, 5.74) is 2.98. The van der Waals surface area contributed by atoms with Gasteiger partial charge < -0.3 is 10.1 Å². The van der Waals surface area contributed by atoms with Crippen LogP contribution in [0.15, 0.2) is 18.2 Å². The third-order valence-corrected chi connectivity index (χ3v) is 3.33. The number of hydrogen-bond acceptors (Lipinski definition) is 2. The molecule has 1 aromatic rings. The standard InChI is InChI=1S/C14H21NO/c1-10(2)15-9-12-5-4-11-6-7-13(16-3)8-14(11)12/h6-8,10,12,15H,4-5,9H2,1-3H3. The van der Waals surface area contributed by atoms with Crippen molar-refractivity contribution in [2.75, 3.05) is 13.7 Å². The second kappa shape index (κ2) is 4.88. The first-order valence-corrected chi connectivity index (χ1v) is 6.11. The van der Waals surface area contributed by atoms with Crippen LogP contribution in [0, 0.1) is 0 Å². The zero-order valence-corrected chi connectivity index (χ0v) is 10.4. The lowest BCUT2D eigenvalue weighted by Crippen LogP contribution is -2.27. The number of rotatable bonds is 4. The molecule has 0 aliphatic heterocycles. The lowest BCUT2D eigenvalue weighted by Gasteiger charge is -2.15. The molecule has 2 heteroatoms. The summed E-state index contributed by atoms with van der Waals surface area (Å²) in [6.07, 6.45) is 2.48. The number of benzene rings is 1. The van der Waals surface area contributed by atoms with Crippen molar-refractivity contribution in [3.05, 3.63) is 29.3 Å². The van der Waals surface area contributed by atoms with Crippen LogP contribution in [0.5, 0.6) is 5.75 Å². The highest BCUT2D eigenvalue weighted by molar-refractivity contribution is 5.41. The van der Waals surface area contributed by atoms with Crippen LogP contribution in [0.3, 0.4) is 0 Å². The zero-order chi connectivity index (χ0) is 11.5. The minimum atomic E-state index is 0.564. The molecule has 0 saturated heterocycles. The van der Waals surface area contributed by atoms with Gasteiger partial charge in [-0.1, -0.05) is 19.9 Å². The van der Waals surface area contributed by atoms with Gasteiger partial charge >= 0.3 is 0 Å². The summed E-state index contributed by atoms with van der Waals surface area (Å²) >= 11 is 0. The van der Waals surface area contributed by atoms with Crippen molar-refractivity contribution in [3.8, 4) is 5.75 Å². The second-order valence-corrected chi connectivity index (χ2v) is 4.86. The van der Waals surface area contributed by atoms with E-state index < -0.39 is 0 Å². The maximum absolute atomic E-state index is 5.29. The molecule has 2 rings (SSSR count). The van der Waals surface area contributed by atoms with Crippen LogP contribution in [0.1, 0.15) is 37.3 Å². The largest absolute Gasteiger partial charge is 0.497 e. The SMILES string of the molecule is COc1ccc2c(c1)C(CNC(C)C)CC2. The third kappa shape index (κ3) is 2.38. The van der Waals surface area contributed by atoms with Crippen LogP contribution >= 0.6 is 0 Å². The molecule has 88 valence electrons. The summed E-state index contributed by atoms with van der Waals surface area (Å²) in [7, 11) is 1.73. The Morgan fingerprint density at radius 2 is 2.25 bits per heavy atom. The van der Waals surface area contributed by atoms with E-state index in [4.69, 9.17) is 4.74 Å². The molecule has 0 fully saturated rings. The molecular formula is C14H21NO. The maximum Gasteiger partial charge on any atom is 0.119 e. The van der Waals surface area contributed by atoms with Gasteiger partial charge in [-0.25, -0.2) is 0 Å². The van der Waals surface area contributed by atoms with Crippen molar-refractivity contribution in [3.63, 3.8) is 0 Å². The summed E-state index contributed by atoms with van der Waals surface area (Å²) < 4.78 is 5.29. The monoisotopic (exact) mass is 219 g/mol. The highest BCUT2D eigenvalue weighted by Crippen LogP contribution is 2.34. The molecule has 1 atom stereocenters. The number of aryl methyl sites for hydroxylation is 1. The maximum atomic E-state index is 5.29. The third-order valence-electron chi connectivity index (χ3n) is 3.33. The fourth-order valence-corrected chi connectivity index (χ4v) is 2.38. The number of nitrogens with one attached hydrogen (secondary N) is 1. The minimum Gasteiger partial charge on any atom is -0.497 e. The first-order valence-electron chi connectivity index (χ1n) is 6.11. The zero-order valence-electron chi connectivity index (χ0n) is 10.4. The van der Waals surface area contributed by atoms with E-state index in [-0.39, 0.29) is 0 Å². The molecule has 0 heterocycles. The Kier molecular flexibility index (Phi) is 3.49. The smallest absolute Gasteiger partial charge is 0.119 e. The molecule has 0 spiro atoms. The molecule has 16 heavy (non-hydrogen) atoms. The van der Waals surface area contributed by atoms with E-state index in [9.17, 15) is 0 Å². The summed E-state index contributed by atoms with van der Waals surface area (Å²) in [5.74, 6) is 1.64. The van der Waals surface area contributed by atoms with Crippen molar-refractivity contribution in [2.24, 2.45) is 0 Å². The normalized spacial score (nSPS) is 18.9. The van der Waals surface area contributed by atoms with Gasteiger partial charge in [0.25, 0.3) is 0 Å². The molecule has 2 nitrogen and oxygen atoms in total. The van der Waals surface area contributed by atoms with Crippen molar-refractivity contribution in [2.45, 2.75) is 38.6 Å². The lowest BCUT2D eigenvalue weighted by atomic mass is 10.0. The fourth-order valence-electron chi connectivity index (χ4n) is 2.38. The van der Waals surface area contributed by atoms with Crippen LogP contribution in [0.2, 0.25) is 0 Å². The quantitative estimate of drug-likeness (QED) is 0.840. The van der Waals surface area contributed by atoms with Gasteiger partial charge in [0, 0.05) is 12.6 Å². The lowest BCUT2D eigenvalue weighted by molar-refractivity contribution is 0.413. The van der Waals surface area contributed by atoms with Gasteiger partial charge in [0.15, 0.2) is 0 Å². The van der Waals surface area contributed by atoms with E-state index in [1.807, 2.05) is 0 Å². The number of hydrogen-bond donors (Lipinski definition) is 1. The predicted octanol–water partition coefficient (Wildman–Crippen LogP) is 2.72. The summed E-state index contributed by atoms with van der Waals surface area (Å²) in [6, 6.07) is 7.05. The molecule has 0 aromatic heterocycles. The van der Waals surface area contributed by atoms with Crippen LogP contribution in [-0.4, -0.2) is 19.7 Å². The van der Waals surface area contributed by atoms with Crippen LogP contribution in [-0.2, 0) is 6.42 Å². The summed E-state index contributed by atoms with van der Waals surface area (Å²) in [5, 5.41) is 3.52. The second-order valence-electron chi connectivity index (χ2n) is 4.86. The first-order chi connectivity index (χ1) is 7.70. The highest BCUT2D eigenvalue weighted by Gasteiger charge is 2.22. The molecule has 1 N–H and O–H groups in total. The van der Waals surface area contributed by atoms with Gasteiger partial charge in [0.1, 0.15) is 5.75 Å². The fraction of sp³-hybridized carbons (Fsp3) is 0.571. The molecule has 0 bridgehead atoms. The number of fused-ring (bicyclic) bond motifs is 1. The number of ether oxygens (including phenoxy) is 1. The highest BCUT2D eigenvalue weighted by atomic mass is 16.5. The molecule has 1 aromatic carbocycles. The average Bonchev–Trinajstić information content (AvgIpc) is 2.68. The van der Waals surface area contributed by atoms with E-state index in [2.05, 4.69) is 37.4 Å². The molecule has 0 amide bonds. The van der Waals surface area contributed by atoms with Gasteiger partial charge in [-0.3, -0.25) is 0 Å². The van der Waals surface area contributed by atoms with Crippen LogP contribution in [0.4, 0.5) is 0 Å². The summed E-state index contributed by atoms with van der Waals surface area (Å²) in [6.45, 7) is 5.47. The van der Waals surface area contributed by atoms with Crippen molar-refractivity contribution >= 4 is 0 Å². The number of methoxy groups -OCH3 is 1. The van der Waals surface area contributed by atoms with Crippen molar-refractivity contribution in [1.82, 2.24) is 5.32 Å².